The first-order chi connectivity index (χ1) is 8.02. The van der Waals surface area contributed by atoms with E-state index in [9.17, 15) is 0 Å². The average molecular weight is 235 g/mol. The normalized spacial score (nSPS) is 15.3. The molecule has 1 heteroatoms. The van der Waals surface area contributed by atoms with E-state index in [2.05, 4.69) is 46.5 Å². The zero-order chi connectivity index (χ0) is 13.3. The molecular formula is C16H29N. The van der Waals surface area contributed by atoms with Crippen molar-refractivity contribution < 1.29 is 0 Å². The summed E-state index contributed by atoms with van der Waals surface area (Å²) in [5.41, 5.74) is 6.75. The lowest BCUT2D eigenvalue weighted by atomic mass is 9.82. The average Bonchev–Trinajstić information content (AvgIpc) is 2.31. The van der Waals surface area contributed by atoms with Gasteiger partial charge in [-0.25, -0.2) is 0 Å². The molecule has 1 nitrogen and oxygen atoms in total. The molecule has 17 heavy (non-hydrogen) atoms. The van der Waals surface area contributed by atoms with Crippen molar-refractivity contribution >= 4 is 0 Å². The molecule has 2 unspecified atom stereocenters. The van der Waals surface area contributed by atoms with Gasteiger partial charge in [-0.1, -0.05) is 52.9 Å². The van der Waals surface area contributed by atoms with E-state index in [-0.39, 0.29) is 0 Å². The predicted octanol–water partition coefficient (Wildman–Crippen LogP) is 4.34. The van der Waals surface area contributed by atoms with Crippen LogP contribution in [0.3, 0.4) is 0 Å². The van der Waals surface area contributed by atoms with E-state index >= 15 is 0 Å². The summed E-state index contributed by atoms with van der Waals surface area (Å²) in [6.45, 7) is 11.4. The molecule has 0 aliphatic carbocycles. The molecule has 0 amide bonds. The van der Waals surface area contributed by atoms with Crippen molar-refractivity contribution in [2.45, 2.75) is 60.3 Å². The van der Waals surface area contributed by atoms with Crippen LogP contribution < -0.4 is 5.73 Å². The maximum atomic E-state index is 5.65. The molecule has 0 aliphatic rings. The molecule has 0 spiro atoms. The van der Waals surface area contributed by atoms with Crippen LogP contribution in [0.15, 0.2) is 11.8 Å². The zero-order valence-corrected chi connectivity index (χ0v) is 12.2. The molecule has 0 saturated carbocycles. The SMILES string of the molecule is CCCCC#C/C(=C\N)CC(C)C(C)C(C)C. The molecule has 98 valence electrons. The molecular weight excluding hydrogens is 206 g/mol. The Kier molecular flexibility index (Phi) is 8.68. The van der Waals surface area contributed by atoms with Crippen molar-refractivity contribution in [3.8, 4) is 11.8 Å². The molecule has 0 fully saturated rings. The minimum Gasteiger partial charge on any atom is -0.404 e. The fourth-order valence-corrected chi connectivity index (χ4v) is 1.79. The number of hydrogen-bond acceptors (Lipinski definition) is 1. The van der Waals surface area contributed by atoms with Gasteiger partial charge in [0.25, 0.3) is 0 Å². The third-order valence-corrected chi connectivity index (χ3v) is 3.60. The standard InChI is InChI=1S/C16H29N/c1-6-7-8-9-10-16(12-17)11-14(4)15(5)13(2)3/h12-15H,6-8,11,17H2,1-5H3/b16-12+. The molecule has 0 radical (unpaired) electrons. The van der Waals surface area contributed by atoms with Gasteiger partial charge in [-0.2, -0.15) is 0 Å². The fourth-order valence-electron chi connectivity index (χ4n) is 1.79. The molecule has 0 aromatic heterocycles. The molecule has 2 atom stereocenters. The Hall–Kier alpha value is -0.900. The van der Waals surface area contributed by atoms with E-state index in [4.69, 9.17) is 5.73 Å². The van der Waals surface area contributed by atoms with Crippen LogP contribution in [0.2, 0.25) is 0 Å². The number of unbranched alkanes of at least 4 members (excludes halogenated alkanes) is 2. The van der Waals surface area contributed by atoms with Crippen molar-refractivity contribution in [1.82, 2.24) is 0 Å². The van der Waals surface area contributed by atoms with Crippen LogP contribution in [0.4, 0.5) is 0 Å². The van der Waals surface area contributed by atoms with Gasteiger partial charge >= 0.3 is 0 Å². The second-order valence-corrected chi connectivity index (χ2v) is 5.38. The van der Waals surface area contributed by atoms with Crippen molar-refractivity contribution in [2.75, 3.05) is 0 Å². The van der Waals surface area contributed by atoms with Crippen molar-refractivity contribution in [3.63, 3.8) is 0 Å². The van der Waals surface area contributed by atoms with E-state index in [0.29, 0.717) is 11.8 Å². The van der Waals surface area contributed by atoms with Gasteiger partial charge < -0.3 is 5.73 Å². The van der Waals surface area contributed by atoms with E-state index in [0.717, 1.165) is 24.3 Å². The van der Waals surface area contributed by atoms with Crippen LogP contribution in [0, 0.1) is 29.6 Å². The summed E-state index contributed by atoms with van der Waals surface area (Å²) < 4.78 is 0. The summed E-state index contributed by atoms with van der Waals surface area (Å²) in [5.74, 6) is 8.50. The number of rotatable bonds is 6. The Bertz CT molecular complexity index is 278. The van der Waals surface area contributed by atoms with Crippen LogP contribution in [-0.2, 0) is 0 Å². The highest BCUT2D eigenvalue weighted by Gasteiger charge is 2.16. The maximum absolute atomic E-state index is 5.65. The van der Waals surface area contributed by atoms with Crippen molar-refractivity contribution in [2.24, 2.45) is 23.5 Å². The predicted molar refractivity (Wildman–Crippen MR) is 77.4 cm³/mol. The van der Waals surface area contributed by atoms with Gasteiger partial charge in [0.15, 0.2) is 0 Å². The molecule has 0 aromatic carbocycles. The van der Waals surface area contributed by atoms with Crippen LogP contribution in [0.1, 0.15) is 60.3 Å². The Labute approximate surface area is 108 Å². The quantitative estimate of drug-likeness (QED) is 0.538. The van der Waals surface area contributed by atoms with Gasteiger partial charge in [0.1, 0.15) is 0 Å². The molecule has 2 N–H and O–H groups in total. The Morgan fingerprint density at radius 3 is 2.35 bits per heavy atom. The lowest BCUT2D eigenvalue weighted by Crippen LogP contribution is -2.15. The molecule has 0 aliphatic heterocycles. The van der Waals surface area contributed by atoms with E-state index in [1.165, 1.54) is 12.8 Å². The molecule has 0 heterocycles. The zero-order valence-electron chi connectivity index (χ0n) is 12.2. The second-order valence-electron chi connectivity index (χ2n) is 5.38. The molecule has 0 saturated heterocycles. The molecule has 0 bridgehead atoms. The lowest BCUT2D eigenvalue weighted by molar-refractivity contribution is 0.296. The van der Waals surface area contributed by atoms with Gasteiger partial charge in [-0.05, 0) is 30.6 Å². The minimum absolute atomic E-state index is 0.644. The summed E-state index contributed by atoms with van der Waals surface area (Å²) in [7, 11) is 0. The fraction of sp³-hybridized carbons (Fsp3) is 0.750. The Morgan fingerprint density at radius 2 is 1.88 bits per heavy atom. The van der Waals surface area contributed by atoms with Gasteiger partial charge in [-0.15, -0.1) is 0 Å². The summed E-state index contributed by atoms with van der Waals surface area (Å²) in [6.07, 6.45) is 6.07. The maximum Gasteiger partial charge on any atom is 0.0177 e. The van der Waals surface area contributed by atoms with Gasteiger partial charge in [0.2, 0.25) is 0 Å². The summed E-state index contributed by atoms with van der Waals surface area (Å²) in [4.78, 5) is 0. The first-order valence-corrected chi connectivity index (χ1v) is 6.92. The van der Waals surface area contributed by atoms with Gasteiger partial charge in [0, 0.05) is 18.2 Å². The van der Waals surface area contributed by atoms with Crippen LogP contribution in [0.25, 0.3) is 0 Å². The van der Waals surface area contributed by atoms with Crippen LogP contribution in [-0.4, -0.2) is 0 Å². The minimum atomic E-state index is 0.644. The molecule has 0 rings (SSSR count). The molecule has 0 aromatic rings. The van der Waals surface area contributed by atoms with E-state index in [1.807, 2.05) is 0 Å². The summed E-state index contributed by atoms with van der Waals surface area (Å²) in [6, 6.07) is 0. The number of nitrogens with two attached hydrogens (primary N) is 1. The first kappa shape index (κ1) is 16.1. The van der Waals surface area contributed by atoms with Crippen LogP contribution in [0.5, 0.6) is 0 Å². The monoisotopic (exact) mass is 235 g/mol. The highest BCUT2D eigenvalue weighted by atomic mass is 14.5. The van der Waals surface area contributed by atoms with Gasteiger partial charge in [-0.3, -0.25) is 0 Å². The lowest BCUT2D eigenvalue weighted by Gasteiger charge is -2.23. The van der Waals surface area contributed by atoms with Crippen molar-refractivity contribution in [1.29, 1.82) is 0 Å². The summed E-state index contributed by atoms with van der Waals surface area (Å²) >= 11 is 0. The number of hydrogen-bond donors (Lipinski definition) is 1. The van der Waals surface area contributed by atoms with Crippen LogP contribution >= 0.6 is 0 Å². The van der Waals surface area contributed by atoms with E-state index in [1.54, 1.807) is 6.20 Å². The third-order valence-electron chi connectivity index (χ3n) is 3.60. The smallest absolute Gasteiger partial charge is 0.0177 e. The second kappa shape index (κ2) is 9.16. The van der Waals surface area contributed by atoms with E-state index < -0.39 is 0 Å². The topological polar surface area (TPSA) is 26.0 Å². The van der Waals surface area contributed by atoms with Crippen molar-refractivity contribution in [3.05, 3.63) is 11.8 Å². The Morgan fingerprint density at radius 1 is 1.24 bits per heavy atom. The highest BCUT2D eigenvalue weighted by molar-refractivity contribution is 5.28. The largest absolute Gasteiger partial charge is 0.404 e. The number of allylic oxidation sites excluding steroid dienone is 1. The third kappa shape index (κ3) is 7.10. The highest BCUT2D eigenvalue weighted by Crippen LogP contribution is 2.25. The summed E-state index contributed by atoms with van der Waals surface area (Å²) in [5, 5.41) is 0. The Balaban J connectivity index is 4.26. The van der Waals surface area contributed by atoms with Gasteiger partial charge in [0.05, 0.1) is 0 Å². The first-order valence-electron chi connectivity index (χ1n) is 6.92.